The summed E-state index contributed by atoms with van der Waals surface area (Å²) < 4.78 is 10.5. The lowest BCUT2D eigenvalue weighted by Gasteiger charge is -2.29. The molecule has 3 nitrogen and oxygen atoms in total. The molecule has 1 aliphatic carbocycles. The lowest BCUT2D eigenvalue weighted by molar-refractivity contribution is 0.165. The maximum Gasteiger partial charge on any atom is 0.119 e. The third kappa shape index (κ3) is 3.03. The van der Waals surface area contributed by atoms with Crippen LogP contribution in [-0.2, 0) is 11.2 Å². The van der Waals surface area contributed by atoms with Crippen LogP contribution in [0.1, 0.15) is 36.9 Å². The smallest absolute Gasteiger partial charge is 0.119 e. The van der Waals surface area contributed by atoms with Crippen LogP contribution < -0.4 is 10.1 Å². The van der Waals surface area contributed by atoms with E-state index in [1.165, 1.54) is 30.4 Å². The second-order valence-corrected chi connectivity index (χ2v) is 5.03. The van der Waals surface area contributed by atoms with Crippen molar-refractivity contribution in [3.63, 3.8) is 0 Å². The Bertz CT molecular complexity index is 392. The minimum Gasteiger partial charge on any atom is -0.497 e. The molecule has 0 heterocycles. The Balaban J connectivity index is 2.15. The van der Waals surface area contributed by atoms with E-state index in [1.54, 1.807) is 14.2 Å². The summed E-state index contributed by atoms with van der Waals surface area (Å²) in [6, 6.07) is 7.22. The average molecular weight is 249 g/mol. The number of benzene rings is 1. The Morgan fingerprint density at radius 2 is 2.22 bits per heavy atom. The molecular formula is C15H23NO2. The van der Waals surface area contributed by atoms with Crippen molar-refractivity contribution in [1.29, 1.82) is 0 Å². The SMILES string of the molecule is COCC(C)NC1CCCc2ccc(OC)cc21. The van der Waals surface area contributed by atoms with Crippen LogP contribution in [0.2, 0.25) is 0 Å². The van der Waals surface area contributed by atoms with Crippen molar-refractivity contribution in [3.05, 3.63) is 29.3 Å². The van der Waals surface area contributed by atoms with E-state index in [4.69, 9.17) is 9.47 Å². The van der Waals surface area contributed by atoms with Gasteiger partial charge in [-0.25, -0.2) is 0 Å². The van der Waals surface area contributed by atoms with Crippen LogP contribution in [0.25, 0.3) is 0 Å². The van der Waals surface area contributed by atoms with Crippen LogP contribution in [-0.4, -0.2) is 26.9 Å². The molecule has 2 atom stereocenters. The van der Waals surface area contributed by atoms with Crippen LogP contribution in [0.15, 0.2) is 18.2 Å². The van der Waals surface area contributed by atoms with Gasteiger partial charge in [-0.05, 0) is 49.4 Å². The number of hydrogen-bond acceptors (Lipinski definition) is 3. The van der Waals surface area contributed by atoms with Gasteiger partial charge in [0.25, 0.3) is 0 Å². The highest BCUT2D eigenvalue weighted by atomic mass is 16.5. The average Bonchev–Trinajstić information content (AvgIpc) is 2.39. The van der Waals surface area contributed by atoms with Crippen LogP contribution in [0, 0.1) is 0 Å². The first-order valence-electron chi connectivity index (χ1n) is 6.66. The number of nitrogens with one attached hydrogen (secondary N) is 1. The van der Waals surface area contributed by atoms with Crippen molar-refractivity contribution in [2.45, 2.75) is 38.3 Å². The molecule has 18 heavy (non-hydrogen) atoms. The molecule has 0 amide bonds. The quantitative estimate of drug-likeness (QED) is 0.870. The van der Waals surface area contributed by atoms with Gasteiger partial charge in [0, 0.05) is 19.2 Å². The van der Waals surface area contributed by atoms with E-state index in [0.717, 1.165) is 12.4 Å². The molecule has 1 aromatic carbocycles. The van der Waals surface area contributed by atoms with Crippen molar-refractivity contribution >= 4 is 0 Å². The molecule has 0 saturated carbocycles. The summed E-state index contributed by atoms with van der Waals surface area (Å²) >= 11 is 0. The summed E-state index contributed by atoms with van der Waals surface area (Å²) in [5, 5.41) is 3.65. The maximum atomic E-state index is 5.33. The lowest BCUT2D eigenvalue weighted by Crippen LogP contribution is -2.35. The van der Waals surface area contributed by atoms with Gasteiger partial charge in [-0.2, -0.15) is 0 Å². The molecule has 0 fully saturated rings. The first-order valence-corrected chi connectivity index (χ1v) is 6.66. The Labute approximate surface area is 109 Å². The van der Waals surface area contributed by atoms with Crippen molar-refractivity contribution in [3.8, 4) is 5.75 Å². The van der Waals surface area contributed by atoms with Crippen LogP contribution in [0.5, 0.6) is 5.75 Å². The first-order chi connectivity index (χ1) is 8.74. The summed E-state index contributed by atoms with van der Waals surface area (Å²) in [5.41, 5.74) is 2.84. The standard InChI is InChI=1S/C15H23NO2/c1-11(10-17-2)16-15-6-4-5-12-7-8-13(18-3)9-14(12)15/h7-9,11,15-16H,4-6,10H2,1-3H3. The molecule has 0 spiro atoms. The predicted molar refractivity (Wildman–Crippen MR) is 73.1 cm³/mol. The third-order valence-corrected chi connectivity index (χ3v) is 3.57. The van der Waals surface area contributed by atoms with E-state index in [-0.39, 0.29) is 0 Å². The fourth-order valence-corrected chi connectivity index (χ4v) is 2.72. The normalized spacial score (nSPS) is 20.3. The number of ether oxygens (including phenoxy) is 2. The summed E-state index contributed by atoms with van der Waals surface area (Å²) in [4.78, 5) is 0. The first kappa shape index (κ1) is 13.4. The van der Waals surface area contributed by atoms with Gasteiger partial charge < -0.3 is 14.8 Å². The second kappa shape index (κ2) is 6.21. The molecule has 3 heteroatoms. The summed E-state index contributed by atoms with van der Waals surface area (Å²) in [6.45, 7) is 2.91. The van der Waals surface area contributed by atoms with E-state index in [0.29, 0.717) is 12.1 Å². The molecule has 0 aromatic heterocycles. The number of aryl methyl sites for hydroxylation is 1. The van der Waals surface area contributed by atoms with Gasteiger partial charge in [0.2, 0.25) is 0 Å². The fraction of sp³-hybridized carbons (Fsp3) is 0.600. The van der Waals surface area contributed by atoms with Crippen LogP contribution >= 0.6 is 0 Å². The highest BCUT2D eigenvalue weighted by molar-refractivity contribution is 5.39. The Hall–Kier alpha value is -1.06. The van der Waals surface area contributed by atoms with E-state index >= 15 is 0 Å². The van der Waals surface area contributed by atoms with Gasteiger partial charge >= 0.3 is 0 Å². The highest BCUT2D eigenvalue weighted by Crippen LogP contribution is 2.32. The van der Waals surface area contributed by atoms with Gasteiger partial charge in [-0.15, -0.1) is 0 Å². The molecule has 1 aromatic rings. The molecule has 0 saturated heterocycles. The van der Waals surface area contributed by atoms with Gasteiger partial charge in [0.05, 0.1) is 13.7 Å². The lowest BCUT2D eigenvalue weighted by atomic mass is 9.87. The molecule has 2 rings (SSSR count). The monoisotopic (exact) mass is 249 g/mol. The Kier molecular flexibility index (Phi) is 4.61. The van der Waals surface area contributed by atoms with E-state index < -0.39 is 0 Å². The summed E-state index contributed by atoms with van der Waals surface area (Å²) in [6.07, 6.45) is 3.61. The number of rotatable bonds is 5. The zero-order valence-electron chi connectivity index (χ0n) is 11.5. The summed E-state index contributed by atoms with van der Waals surface area (Å²) in [7, 11) is 3.47. The van der Waals surface area contributed by atoms with Gasteiger partial charge in [0.1, 0.15) is 5.75 Å². The largest absolute Gasteiger partial charge is 0.497 e. The minimum atomic E-state index is 0.372. The Morgan fingerprint density at radius 1 is 1.39 bits per heavy atom. The molecule has 100 valence electrons. The molecule has 0 aliphatic heterocycles. The van der Waals surface area contributed by atoms with Crippen LogP contribution in [0.3, 0.4) is 0 Å². The van der Waals surface area contributed by atoms with Crippen molar-refractivity contribution in [2.75, 3.05) is 20.8 Å². The maximum absolute atomic E-state index is 5.33. The van der Waals surface area contributed by atoms with Gasteiger partial charge in [-0.1, -0.05) is 6.07 Å². The Morgan fingerprint density at radius 3 is 2.94 bits per heavy atom. The molecule has 2 unspecified atom stereocenters. The number of methoxy groups -OCH3 is 2. The third-order valence-electron chi connectivity index (χ3n) is 3.57. The number of fused-ring (bicyclic) bond motifs is 1. The van der Waals surface area contributed by atoms with Crippen molar-refractivity contribution < 1.29 is 9.47 Å². The van der Waals surface area contributed by atoms with Crippen molar-refractivity contribution in [2.24, 2.45) is 0 Å². The van der Waals surface area contributed by atoms with Gasteiger partial charge in [0.15, 0.2) is 0 Å². The van der Waals surface area contributed by atoms with E-state index in [9.17, 15) is 0 Å². The summed E-state index contributed by atoms with van der Waals surface area (Å²) in [5.74, 6) is 0.946. The highest BCUT2D eigenvalue weighted by Gasteiger charge is 2.21. The zero-order valence-corrected chi connectivity index (χ0v) is 11.5. The second-order valence-electron chi connectivity index (χ2n) is 5.03. The van der Waals surface area contributed by atoms with E-state index in [1.807, 2.05) is 0 Å². The van der Waals surface area contributed by atoms with E-state index in [2.05, 4.69) is 30.4 Å². The minimum absolute atomic E-state index is 0.372. The topological polar surface area (TPSA) is 30.5 Å². The van der Waals surface area contributed by atoms with Crippen LogP contribution in [0.4, 0.5) is 0 Å². The molecule has 0 bridgehead atoms. The number of hydrogen-bond donors (Lipinski definition) is 1. The molecule has 1 N–H and O–H groups in total. The van der Waals surface area contributed by atoms with Crippen molar-refractivity contribution in [1.82, 2.24) is 5.32 Å². The predicted octanol–water partition coefficient (Wildman–Crippen LogP) is 2.70. The molecule has 1 aliphatic rings. The fourth-order valence-electron chi connectivity index (χ4n) is 2.72. The molecule has 0 radical (unpaired) electrons. The molecular weight excluding hydrogens is 226 g/mol. The zero-order chi connectivity index (χ0) is 13.0. The van der Waals surface area contributed by atoms with Gasteiger partial charge in [-0.3, -0.25) is 0 Å².